The Morgan fingerprint density at radius 2 is 2.32 bits per heavy atom. The van der Waals surface area contributed by atoms with Crippen molar-refractivity contribution in [2.75, 3.05) is 19.6 Å². The molecule has 0 spiro atoms. The molecule has 2 aliphatic rings. The second-order valence-electron chi connectivity index (χ2n) is 5.44. The average molecular weight is 263 g/mol. The second-order valence-corrected chi connectivity index (χ2v) is 5.44. The minimum atomic E-state index is -0.673. The second kappa shape index (κ2) is 4.89. The predicted octanol–water partition coefficient (Wildman–Crippen LogP) is 1.53. The molecule has 0 aromatic carbocycles. The summed E-state index contributed by atoms with van der Waals surface area (Å²) in [6.45, 7) is 4.74. The van der Waals surface area contributed by atoms with Crippen molar-refractivity contribution in [3.63, 3.8) is 0 Å². The minimum Gasteiger partial charge on any atom is -0.333 e. The van der Waals surface area contributed by atoms with Crippen LogP contribution in [0.5, 0.6) is 0 Å². The zero-order valence-electron chi connectivity index (χ0n) is 11.1. The molecule has 2 fully saturated rings. The first-order chi connectivity index (χ1) is 9.16. The summed E-state index contributed by atoms with van der Waals surface area (Å²) < 4.78 is 13.6. The van der Waals surface area contributed by atoms with Crippen LogP contribution in [0.3, 0.4) is 0 Å². The molecule has 2 unspecified atom stereocenters. The lowest BCUT2D eigenvalue weighted by atomic mass is 10.1. The summed E-state index contributed by atoms with van der Waals surface area (Å²) in [7, 11) is 0. The number of carbonyl (C=O) groups is 1. The maximum Gasteiger partial charge on any atom is 0.258 e. The van der Waals surface area contributed by atoms with Crippen molar-refractivity contribution >= 4 is 5.91 Å². The lowest BCUT2D eigenvalue weighted by Gasteiger charge is -2.42. The molecule has 0 bridgehead atoms. The van der Waals surface area contributed by atoms with Crippen LogP contribution in [0.15, 0.2) is 18.3 Å². The zero-order chi connectivity index (χ0) is 13.4. The number of aromatic nitrogens is 1. The Kier molecular flexibility index (Phi) is 3.22. The van der Waals surface area contributed by atoms with Crippen molar-refractivity contribution in [1.29, 1.82) is 0 Å². The molecule has 0 saturated carbocycles. The summed E-state index contributed by atoms with van der Waals surface area (Å²) in [6.07, 6.45) is 3.69. The van der Waals surface area contributed by atoms with Crippen molar-refractivity contribution in [3.05, 3.63) is 29.8 Å². The van der Waals surface area contributed by atoms with E-state index in [1.807, 2.05) is 6.92 Å². The molecule has 1 aromatic rings. The first-order valence-corrected chi connectivity index (χ1v) is 6.82. The summed E-state index contributed by atoms with van der Waals surface area (Å²) in [5.41, 5.74) is 0.0841. The summed E-state index contributed by atoms with van der Waals surface area (Å²) in [5, 5.41) is 0. The molecule has 0 radical (unpaired) electrons. The largest absolute Gasteiger partial charge is 0.333 e. The maximum atomic E-state index is 13.6. The highest BCUT2D eigenvalue weighted by Crippen LogP contribution is 2.25. The highest BCUT2D eigenvalue weighted by Gasteiger charge is 2.37. The number of pyridine rings is 1. The van der Waals surface area contributed by atoms with Crippen molar-refractivity contribution in [1.82, 2.24) is 14.8 Å². The number of piperazine rings is 1. The van der Waals surface area contributed by atoms with Crippen molar-refractivity contribution < 1.29 is 9.18 Å². The highest BCUT2D eigenvalue weighted by atomic mass is 19.1. The Bertz CT molecular complexity index is 493. The molecule has 19 heavy (non-hydrogen) atoms. The van der Waals surface area contributed by atoms with Crippen LogP contribution in [0.2, 0.25) is 0 Å². The van der Waals surface area contributed by atoms with Gasteiger partial charge in [0.05, 0.1) is 5.56 Å². The van der Waals surface area contributed by atoms with Crippen molar-refractivity contribution in [3.8, 4) is 0 Å². The Labute approximate surface area is 112 Å². The number of hydrogen-bond donors (Lipinski definition) is 0. The van der Waals surface area contributed by atoms with Gasteiger partial charge in [-0.2, -0.15) is 4.39 Å². The predicted molar refractivity (Wildman–Crippen MR) is 69.3 cm³/mol. The summed E-state index contributed by atoms with van der Waals surface area (Å²) in [5.74, 6) is -0.904. The van der Waals surface area contributed by atoms with Crippen LogP contribution in [-0.2, 0) is 0 Å². The Balaban J connectivity index is 1.81. The number of fused-ring (bicyclic) bond motifs is 1. The van der Waals surface area contributed by atoms with E-state index in [-0.39, 0.29) is 17.5 Å². The van der Waals surface area contributed by atoms with Gasteiger partial charge in [0, 0.05) is 31.4 Å². The zero-order valence-corrected chi connectivity index (χ0v) is 11.1. The van der Waals surface area contributed by atoms with E-state index in [9.17, 15) is 9.18 Å². The van der Waals surface area contributed by atoms with Gasteiger partial charge < -0.3 is 4.90 Å². The smallest absolute Gasteiger partial charge is 0.258 e. The van der Waals surface area contributed by atoms with Crippen LogP contribution in [0.4, 0.5) is 4.39 Å². The Morgan fingerprint density at radius 3 is 3.11 bits per heavy atom. The lowest BCUT2D eigenvalue weighted by Crippen LogP contribution is -2.56. The van der Waals surface area contributed by atoms with Gasteiger partial charge >= 0.3 is 0 Å². The normalized spacial score (nSPS) is 27.4. The fourth-order valence-corrected chi connectivity index (χ4v) is 3.17. The molecule has 2 atom stereocenters. The van der Waals surface area contributed by atoms with Gasteiger partial charge in [-0.25, -0.2) is 4.98 Å². The quantitative estimate of drug-likeness (QED) is 0.721. The standard InChI is InChI=1S/C14H18FN3O/c1-10-8-17-7-3-4-11(17)9-18(10)14(19)12-5-2-6-16-13(12)15/h2,5-6,10-11H,3-4,7-9H2,1H3. The van der Waals surface area contributed by atoms with Gasteiger partial charge in [-0.3, -0.25) is 9.69 Å². The molecule has 0 aliphatic carbocycles. The van der Waals surface area contributed by atoms with Crippen LogP contribution in [0.1, 0.15) is 30.1 Å². The van der Waals surface area contributed by atoms with Crippen molar-refractivity contribution in [2.24, 2.45) is 0 Å². The van der Waals surface area contributed by atoms with Crippen LogP contribution < -0.4 is 0 Å². The third-order valence-electron chi connectivity index (χ3n) is 4.19. The van der Waals surface area contributed by atoms with Gasteiger partial charge in [-0.1, -0.05) is 0 Å². The van der Waals surface area contributed by atoms with E-state index in [2.05, 4.69) is 9.88 Å². The molecular weight excluding hydrogens is 245 g/mol. The molecule has 1 amide bonds. The molecule has 1 aromatic heterocycles. The first kappa shape index (κ1) is 12.5. The van der Waals surface area contributed by atoms with Gasteiger partial charge in [-0.05, 0) is 38.4 Å². The molecule has 5 heteroatoms. The van der Waals surface area contributed by atoms with Gasteiger partial charge in [-0.15, -0.1) is 0 Å². The van der Waals surface area contributed by atoms with Crippen LogP contribution in [0.25, 0.3) is 0 Å². The van der Waals surface area contributed by atoms with E-state index in [0.29, 0.717) is 12.6 Å². The fraction of sp³-hybridized carbons (Fsp3) is 0.571. The SMILES string of the molecule is CC1CN2CCCC2CN1C(=O)c1cccnc1F. The van der Waals surface area contributed by atoms with E-state index in [0.717, 1.165) is 19.5 Å². The highest BCUT2D eigenvalue weighted by molar-refractivity contribution is 5.94. The van der Waals surface area contributed by atoms with E-state index in [1.165, 1.54) is 18.7 Å². The van der Waals surface area contributed by atoms with Gasteiger partial charge in [0.25, 0.3) is 5.91 Å². The monoisotopic (exact) mass is 263 g/mol. The summed E-state index contributed by atoms with van der Waals surface area (Å²) >= 11 is 0. The van der Waals surface area contributed by atoms with E-state index in [1.54, 1.807) is 11.0 Å². The molecule has 3 heterocycles. The number of halogens is 1. The van der Waals surface area contributed by atoms with Crippen LogP contribution >= 0.6 is 0 Å². The number of carbonyl (C=O) groups excluding carboxylic acids is 1. The molecule has 3 rings (SSSR count). The molecule has 2 aliphatic heterocycles. The number of nitrogens with zero attached hydrogens (tertiary/aromatic N) is 3. The molecule has 102 valence electrons. The van der Waals surface area contributed by atoms with Crippen molar-refractivity contribution in [2.45, 2.75) is 31.8 Å². The lowest BCUT2D eigenvalue weighted by molar-refractivity contribution is 0.0390. The number of amides is 1. The molecule has 4 nitrogen and oxygen atoms in total. The van der Waals surface area contributed by atoms with E-state index >= 15 is 0 Å². The van der Waals surface area contributed by atoms with E-state index < -0.39 is 5.95 Å². The molecule has 0 N–H and O–H groups in total. The van der Waals surface area contributed by atoms with Gasteiger partial charge in [0.15, 0.2) is 0 Å². The Morgan fingerprint density at radius 1 is 1.47 bits per heavy atom. The molecule has 2 saturated heterocycles. The topological polar surface area (TPSA) is 36.4 Å². The maximum absolute atomic E-state index is 13.6. The fourth-order valence-electron chi connectivity index (χ4n) is 3.17. The minimum absolute atomic E-state index is 0.0841. The first-order valence-electron chi connectivity index (χ1n) is 6.82. The average Bonchev–Trinajstić information content (AvgIpc) is 2.84. The number of hydrogen-bond acceptors (Lipinski definition) is 3. The van der Waals surface area contributed by atoms with Crippen LogP contribution in [-0.4, -0.2) is 52.4 Å². The van der Waals surface area contributed by atoms with Gasteiger partial charge in [0.2, 0.25) is 5.95 Å². The molecular formula is C14H18FN3O. The summed E-state index contributed by atoms with van der Waals surface area (Å²) in [6, 6.07) is 3.69. The third-order valence-corrected chi connectivity index (χ3v) is 4.19. The number of rotatable bonds is 1. The summed E-state index contributed by atoms with van der Waals surface area (Å²) in [4.78, 5) is 20.2. The van der Waals surface area contributed by atoms with Crippen LogP contribution in [0, 0.1) is 5.95 Å². The van der Waals surface area contributed by atoms with E-state index in [4.69, 9.17) is 0 Å². The Hall–Kier alpha value is -1.49. The van der Waals surface area contributed by atoms with Gasteiger partial charge in [0.1, 0.15) is 0 Å². The third kappa shape index (κ3) is 2.23.